The first-order chi connectivity index (χ1) is 34.2. The molecular weight excluding hydrogens is 837 g/mol. The van der Waals surface area contributed by atoms with Crippen molar-refractivity contribution in [3.63, 3.8) is 0 Å². The minimum absolute atomic E-state index is 0.621. The molecule has 69 heavy (non-hydrogen) atoms. The number of benzene rings is 11. The summed E-state index contributed by atoms with van der Waals surface area (Å²) in [6.45, 7) is 0. The van der Waals surface area contributed by atoms with Gasteiger partial charge in [0.25, 0.3) is 0 Å². The van der Waals surface area contributed by atoms with Gasteiger partial charge in [-0.15, -0.1) is 0 Å². The zero-order chi connectivity index (χ0) is 45.7. The molecule has 0 N–H and O–H groups in total. The lowest BCUT2D eigenvalue weighted by atomic mass is 9.84. The lowest BCUT2D eigenvalue weighted by Gasteiger charge is -2.19. The Hall–Kier alpha value is -9.18. The van der Waals surface area contributed by atoms with E-state index in [0.717, 1.165) is 88.8 Å². The number of hydrogen-bond donors (Lipinski definition) is 0. The summed E-state index contributed by atoms with van der Waals surface area (Å²) in [6.07, 6.45) is 0. The van der Waals surface area contributed by atoms with Gasteiger partial charge < -0.3 is 4.42 Å². The highest BCUT2D eigenvalue weighted by Gasteiger charge is 2.22. The monoisotopic (exact) mass is 878 g/mol. The van der Waals surface area contributed by atoms with Gasteiger partial charge in [-0.05, 0) is 108 Å². The van der Waals surface area contributed by atoms with Gasteiger partial charge >= 0.3 is 0 Å². The van der Waals surface area contributed by atoms with Gasteiger partial charge in [0.1, 0.15) is 11.2 Å². The highest BCUT2D eigenvalue weighted by Crippen LogP contribution is 2.47. The van der Waals surface area contributed by atoms with Gasteiger partial charge in [-0.2, -0.15) is 0 Å². The molecule has 322 valence electrons. The van der Waals surface area contributed by atoms with Crippen molar-refractivity contribution in [3.05, 3.63) is 255 Å². The molecule has 0 bridgehead atoms. The molecule has 3 nitrogen and oxygen atoms in total. The Balaban J connectivity index is 1.03. The fraction of sp³-hybridized carbons (Fsp3) is 0. The van der Waals surface area contributed by atoms with Crippen molar-refractivity contribution in [1.29, 1.82) is 0 Å². The third-order valence-corrected chi connectivity index (χ3v) is 13.5. The largest absolute Gasteiger partial charge is 0.455 e. The predicted octanol–water partition coefficient (Wildman–Crippen LogP) is 18.0. The molecule has 0 saturated heterocycles. The fourth-order valence-electron chi connectivity index (χ4n) is 10.3. The second-order valence-corrected chi connectivity index (χ2v) is 17.6. The fourth-order valence-corrected chi connectivity index (χ4v) is 10.3. The third-order valence-electron chi connectivity index (χ3n) is 13.5. The summed E-state index contributed by atoms with van der Waals surface area (Å²) in [7, 11) is 0. The summed E-state index contributed by atoms with van der Waals surface area (Å²) in [5, 5.41) is 6.83. The van der Waals surface area contributed by atoms with Crippen molar-refractivity contribution in [1.82, 2.24) is 9.97 Å². The van der Waals surface area contributed by atoms with Crippen LogP contribution in [0.25, 0.3) is 133 Å². The van der Waals surface area contributed by atoms with Crippen LogP contribution in [-0.2, 0) is 0 Å². The van der Waals surface area contributed by atoms with Crippen LogP contribution < -0.4 is 0 Å². The molecule has 11 aromatic carbocycles. The number of aromatic nitrogens is 2. The number of nitrogens with zero attached hydrogens (tertiary/aromatic N) is 2. The van der Waals surface area contributed by atoms with Gasteiger partial charge in [0, 0.05) is 32.8 Å². The summed E-state index contributed by atoms with van der Waals surface area (Å²) in [5.41, 5.74) is 17.7. The van der Waals surface area contributed by atoms with E-state index in [1.54, 1.807) is 0 Å². The summed E-state index contributed by atoms with van der Waals surface area (Å²) < 4.78 is 7.06. The molecule has 0 unspecified atom stereocenters. The lowest BCUT2D eigenvalue weighted by molar-refractivity contribution is 0.673. The van der Waals surface area contributed by atoms with E-state index in [2.05, 4.69) is 249 Å². The molecule has 0 radical (unpaired) electrons. The Bertz CT molecular complexity index is 3970. The maximum atomic E-state index is 7.06. The molecule has 3 heteroatoms. The van der Waals surface area contributed by atoms with Crippen molar-refractivity contribution in [2.45, 2.75) is 0 Å². The van der Waals surface area contributed by atoms with E-state index in [0.29, 0.717) is 5.82 Å². The summed E-state index contributed by atoms with van der Waals surface area (Å²) >= 11 is 0. The van der Waals surface area contributed by atoms with Gasteiger partial charge in [0.15, 0.2) is 5.82 Å². The van der Waals surface area contributed by atoms with Gasteiger partial charge in [0.2, 0.25) is 0 Å². The van der Waals surface area contributed by atoms with Gasteiger partial charge in [0.05, 0.1) is 11.4 Å². The van der Waals surface area contributed by atoms with E-state index in [-0.39, 0.29) is 0 Å². The Labute approximate surface area is 400 Å². The van der Waals surface area contributed by atoms with Crippen LogP contribution in [0.1, 0.15) is 0 Å². The topological polar surface area (TPSA) is 38.9 Å². The van der Waals surface area contributed by atoms with Crippen LogP contribution in [0.5, 0.6) is 0 Å². The average Bonchev–Trinajstić information content (AvgIpc) is 3.84. The first kappa shape index (κ1) is 40.1. The van der Waals surface area contributed by atoms with Crippen molar-refractivity contribution in [2.75, 3.05) is 0 Å². The molecule has 0 fully saturated rings. The van der Waals surface area contributed by atoms with Crippen molar-refractivity contribution in [3.8, 4) is 89.5 Å². The second kappa shape index (κ2) is 16.9. The minimum Gasteiger partial charge on any atom is -0.455 e. The van der Waals surface area contributed by atoms with Crippen LogP contribution in [0.4, 0.5) is 0 Å². The number of fused-ring (bicyclic) bond motifs is 8. The second-order valence-electron chi connectivity index (χ2n) is 17.6. The van der Waals surface area contributed by atoms with E-state index in [1.807, 2.05) is 6.07 Å². The molecule has 0 amide bonds. The molecule has 0 aliphatic rings. The molecule has 0 aliphatic carbocycles. The van der Waals surface area contributed by atoms with Crippen molar-refractivity contribution in [2.24, 2.45) is 0 Å². The molecule has 13 aromatic rings. The highest BCUT2D eigenvalue weighted by atomic mass is 16.3. The van der Waals surface area contributed by atoms with Crippen molar-refractivity contribution >= 4 is 43.5 Å². The minimum atomic E-state index is 0.621. The Morgan fingerprint density at radius 1 is 0.261 bits per heavy atom. The molecule has 0 aliphatic heterocycles. The van der Waals surface area contributed by atoms with Crippen LogP contribution in [0.3, 0.4) is 0 Å². The molecule has 13 rings (SSSR count). The molecule has 0 spiro atoms. The molecule has 0 saturated carbocycles. The summed E-state index contributed by atoms with van der Waals surface area (Å²) in [4.78, 5) is 10.8. The highest BCUT2D eigenvalue weighted by molar-refractivity contribution is 6.32. The SMILES string of the molecule is c1ccc(-c2cc(-c3cccc(-c4cc(-c5ccccc5)c(-c5ccccc5)c(-c5ccccc5)c4)c3)nc(-c3cc(-c4ccccc4)c4c(c3)oc3c5ccccc5c5ccccc5c34)n2)cc1. The van der Waals surface area contributed by atoms with E-state index in [9.17, 15) is 0 Å². The smallest absolute Gasteiger partial charge is 0.160 e. The molecular formula is C66H42N2O. The first-order valence-electron chi connectivity index (χ1n) is 23.5. The van der Waals surface area contributed by atoms with E-state index >= 15 is 0 Å². The first-order valence-corrected chi connectivity index (χ1v) is 23.5. The number of hydrogen-bond acceptors (Lipinski definition) is 3. The third kappa shape index (κ3) is 7.16. The summed E-state index contributed by atoms with van der Waals surface area (Å²) in [5.74, 6) is 0.621. The molecule has 0 atom stereocenters. The van der Waals surface area contributed by atoms with Gasteiger partial charge in [-0.25, -0.2) is 9.97 Å². The summed E-state index contributed by atoms with van der Waals surface area (Å²) in [6, 6.07) is 90.5. The van der Waals surface area contributed by atoms with Crippen molar-refractivity contribution < 1.29 is 4.42 Å². The average molecular weight is 879 g/mol. The molecule has 2 aromatic heterocycles. The maximum Gasteiger partial charge on any atom is 0.160 e. The van der Waals surface area contributed by atoms with Crippen LogP contribution in [-0.4, -0.2) is 9.97 Å². The zero-order valence-corrected chi connectivity index (χ0v) is 37.6. The van der Waals surface area contributed by atoms with Crippen LogP contribution >= 0.6 is 0 Å². The van der Waals surface area contributed by atoms with E-state index in [4.69, 9.17) is 14.4 Å². The quantitative estimate of drug-likeness (QED) is 0.143. The van der Waals surface area contributed by atoms with Gasteiger partial charge in [-0.1, -0.05) is 218 Å². The van der Waals surface area contributed by atoms with E-state index in [1.165, 1.54) is 38.4 Å². The Morgan fingerprint density at radius 2 is 0.696 bits per heavy atom. The van der Waals surface area contributed by atoms with Crippen LogP contribution in [0.15, 0.2) is 259 Å². The van der Waals surface area contributed by atoms with E-state index < -0.39 is 0 Å². The van der Waals surface area contributed by atoms with Crippen LogP contribution in [0.2, 0.25) is 0 Å². The van der Waals surface area contributed by atoms with Gasteiger partial charge in [-0.3, -0.25) is 0 Å². The Morgan fingerprint density at radius 3 is 1.29 bits per heavy atom. The number of furan rings is 1. The predicted molar refractivity (Wildman–Crippen MR) is 288 cm³/mol. The Kier molecular flexibility index (Phi) is 9.84. The number of rotatable bonds is 8. The molecule has 2 heterocycles. The van der Waals surface area contributed by atoms with Crippen LogP contribution in [0, 0.1) is 0 Å². The standard InChI is InChI=1S/C66H42N2O/c1-6-21-43(22-7-1)56-38-50(39-57(44-23-8-2-9-24-44)62(56)47-29-14-5-15-30-47)48-31-20-32-49(37-48)60-42-59(46-27-12-4-13-28-46)67-66(68-60)51-40-58(45-25-10-3-11-26-45)63-61(41-51)69-65-55-36-19-17-34-53(55)52-33-16-18-35-54(52)64(63)65/h1-42H. The zero-order valence-electron chi connectivity index (χ0n) is 37.6. The lowest BCUT2D eigenvalue weighted by Crippen LogP contribution is -1.97. The maximum absolute atomic E-state index is 7.06. The normalized spacial score (nSPS) is 11.5.